The zero-order chi connectivity index (χ0) is 14.0. The maximum Gasteiger partial charge on any atom is 0.235 e. The lowest BCUT2D eigenvalue weighted by Gasteiger charge is -2.33. The molecule has 1 saturated heterocycles. The number of aliphatic imine (C=N–C) groups is 1. The van der Waals surface area contributed by atoms with E-state index in [0.29, 0.717) is 0 Å². The molecule has 0 N–H and O–H groups in total. The minimum absolute atomic E-state index is 0.259. The normalized spacial score (nSPS) is 22.2. The summed E-state index contributed by atoms with van der Waals surface area (Å²) in [6.45, 7) is 5.42. The Morgan fingerprint density at radius 1 is 1.20 bits per heavy atom. The highest BCUT2D eigenvalue weighted by Gasteiger charge is 2.46. The molecule has 1 heterocycles. The van der Waals surface area contributed by atoms with E-state index in [1.54, 1.807) is 6.08 Å². The Morgan fingerprint density at radius 2 is 1.90 bits per heavy atom. The van der Waals surface area contributed by atoms with Gasteiger partial charge in [-0.25, -0.2) is 4.79 Å². The molecule has 2 fully saturated rings. The van der Waals surface area contributed by atoms with Crippen LogP contribution in [0.3, 0.4) is 0 Å². The van der Waals surface area contributed by atoms with Crippen LogP contribution in [0.4, 0.5) is 0 Å². The van der Waals surface area contributed by atoms with E-state index in [1.807, 2.05) is 6.07 Å². The smallest absolute Gasteiger partial charge is 0.235 e. The summed E-state index contributed by atoms with van der Waals surface area (Å²) in [6.07, 6.45) is 3.71. The molecule has 1 saturated carbocycles. The van der Waals surface area contributed by atoms with Crippen LogP contribution in [0.1, 0.15) is 24.0 Å². The molecule has 1 aromatic rings. The molecular formula is C16H21N3O. The van der Waals surface area contributed by atoms with Gasteiger partial charge >= 0.3 is 0 Å². The Kier molecular flexibility index (Phi) is 3.70. The fourth-order valence-corrected chi connectivity index (χ4v) is 3.01. The van der Waals surface area contributed by atoms with Gasteiger partial charge < -0.3 is 4.90 Å². The van der Waals surface area contributed by atoms with Crippen LogP contribution in [0.2, 0.25) is 0 Å². The summed E-state index contributed by atoms with van der Waals surface area (Å²) < 4.78 is 0. The molecule has 0 bridgehead atoms. The lowest BCUT2D eigenvalue weighted by molar-refractivity contribution is 0.147. The minimum atomic E-state index is -0.259. The van der Waals surface area contributed by atoms with Crippen molar-refractivity contribution in [2.75, 3.05) is 33.2 Å². The van der Waals surface area contributed by atoms with Crippen molar-refractivity contribution >= 4 is 6.08 Å². The second-order valence-corrected chi connectivity index (χ2v) is 5.97. The zero-order valence-corrected chi connectivity index (χ0v) is 12.0. The quantitative estimate of drug-likeness (QED) is 0.618. The van der Waals surface area contributed by atoms with Gasteiger partial charge in [0.05, 0.1) is 5.54 Å². The first-order chi connectivity index (χ1) is 9.73. The van der Waals surface area contributed by atoms with Gasteiger partial charge in [-0.2, -0.15) is 4.99 Å². The fourth-order valence-electron chi connectivity index (χ4n) is 3.01. The lowest BCUT2D eigenvalue weighted by Crippen LogP contribution is -2.44. The van der Waals surface area contributed by atoms with Gasteiger partial charge in [0.25, 0.3) is 0 Å². The van der Waals surface area contributed by atoms with E-state index < -0.39 is 0 Å². The van der Waals surface area contributed by atoms with Gasteiger partial charge in [-0.15, -0.1) is 0 Å². The van der Waals surface area contributed by atoms with E-state index in [4.69, 9.17) is 0 Å². The van der Waals surface area contributed by atoms with Crippen molar-refractivity contribution in [2.24, 2.45) is 4.99 Å². The highest BCUT2D eigenvalue weighted by molar-refractivity contribution is 5.44. The van der Waals surface area contributed by atoms with Gasteiger partial charge in [0, 0.05) is 32.7 Å². The van der Waals surface area contributed by atoms with Gasteiger partial charge in [-0.3, -0.25) is 4.90 Å². The van der Waals surface area contributed by atoms with E-state index in [0.717, 1.165) is 45.6 Å². The second-order valence-electron chi connectivity index (χ2n) is 5.97. The van der Waals surface area contributed by atoms with Gasteiger partial charge in [0.2, 0.25) is 6.08 Å². The number of carbonyl (C=O) groups excluding carboxylic acids is 1. The third-order valence-corrected chi connectivity index (χ3v) is 4.49. The summed E-state index contributed by atoms with van der Waals surface area (Å²) in [5, 5.41) is 0. The first-order valence-corrected chi connectivity index (χ1v) is 7.32. The van der Waals surface area contributed by atoms with Gasteiger partial charge in [-0.1, -0.05) is 24.3 Å². The third kappa shape index (κ3) is 2.68. The number of isocyanates is 1. The monoisotopic (exact) mass is 271 g/mol. The molecule has 4 nitrogen and oxygen atoms in total. The predicted molar refractivity (Wildman–Crippen MR) is 78.2 cm³/mol. The van der Waals surface area contributed by atoms with Crippen molar-refractivity contribution in [3.8, 4) is 0 Å². The molecule has 0 spiro atoms. The summed E-state index contributed by atoms with van der Waals surface area (Å²) in [6, 6.07) is 8.42. The van der Waals surface area contributed by atoms with Crippen LogP contribution in [0.25, 0.3) is 0 Å². The van der Waals surface area contributed by atoms with Crippen molar-refractivity contribution < 1.29 is 4.79 Å². The molecule has 1 aliphatic heterocycles. The Hall–Kier alpha value is -1.48. The first kappa shape index (κ1) is 13.5. The molecule has 0 radical (unpaired) electrons. The van der Waals surface area contributed by atoms with Gasteiger partial charge in [0.1, 0.15) is 0 Å². The molecule has 106 valence electrons. The van der Waals surface area contributed by atoms with Crippen molar-refractivity contribution in [2.45, 2.75) is 24.9 Å². The van der Waals surface area contributed by atoms with E-state index >= 15 is 0 Å². The maximum atomic E-state index is 10.7. The molecule has 0 unspecified atom stereocenters. The fraction of sp³-hybridized carbons (Fsp3) is 0.562. The van der Waals surface area contributed by atoms with Crippen LogP contribution in [-0.4, -0.2) is 49.1 Å². The average molecular weight is 271 g/mol. The molecule has 1 aromatic carbocycles. The van der Waals surface area contributed by atoms with E-state index in [9.17, 15) is 4.79 Å². The number of benzene rings is 1. The van der Waals surface area contributed by atoms with Crippen molar-refractivity contribution in [3.63, 3.8) is 0 Å². The molecule has 20 heavy (non-hydrogen) atoms. The number of piperazine rings is 1. The van der Waals surface area contributed by atoms with Crippen LogP contribution in [0.15, 0.2) is 29.3 Å². The Balaban J connectivity index is 1.78. The number of hydrogen-bond acceptors (Lipinski definition) is 4. The molecule has 1 aliphatic carbocycles. The molecular weight excluding hydrogens is 250 g/mol. The van der Waals surface area contributed by atoms with Crippen LogP contribution in [0.5, 0.6) is 0 Å². The molecule has 2 aliphatic rings. The standard InChI is InChI=1S/C16H21N3O/c1-18-8-10-19(11-9-18)12-14-4-2-3-5-15(14)16(6-7-16)17-13-20/h2-5H,6-12H2,1H3. The minimum Gasteiger partial charge on any atom is -0.304 e. The maximum absolute atomic E-state index is 10.7. The molecule has 0 aromatic heterocycles. The summed E-state index contributed by atoms with van der Waals surface area (Å²) in [4.78, 5) is 19.6. The predicted octanol–water partition coefficient (Wildman–Crippen LogP) is 1.76. The molecule has 0 atom stereocenters. The number of likely N-dealkylation sites (N-methyl/N-ethyl adjacent to an activating group) is 1. The SMILES string of the molecule is CN1CCN(Cc2ccccc2C2(N=C=O)CC2)CC1. The number of rotatable bonds is 4. The highest BCUT2D eigenvalue weighted by Crippen LogP contribution is 2.50. The van der Waals surface area contributed by atoms with E-state index in [2.05, 4.69) is 40.0 Å². The summed E-state index contributed by atoms with van der Waals surface area (Å²) in [7, 11) is 2.17. The number of nitrogens with zero attached hydrogens (tertiary/aromatic N) is 3. The topological polar surface area (TPSA) is 35.9 Å². The van der Waals surface area contributed by atoms with Crippen LogP contribution >= 0.6 is 0 Å². The highest BCUT2D eigenvalue weighted by atomic mass is 16.1. The zero-order valence-electron chi connectivity index (χ0n) is 12.0. The van der Waals surface area contributed by atoms with E-state index in [-0.39, 0.29) is 5.54 Å². The van der Waals surface area contributed by atoms with Crippen molar-refractivity contribution in [1.29, 1.82) is 0 Å². The summed E-state index contributed by atoms with van der Waals surface area (Å²) >= 11 is 0. The summed E-state index contributed by atoms with van der Waals surface area (Å²) in [5.41, 5.74) is 2.28. The second kappa shape index (κ2) is 5.49. The number of hydrogen-bond donors (Lipinski definition) is 0. The van der Waals surface area contributed by atoms with Crippen LogP contribution in [-0.2, 0) is 16.9 Å². The Morgan fingerprint density at radius 3 is 2.55 bits per heavy atom. The van der Waals surface area contributed by atoms with Crippen LogP contribution in [0, 0.1) is 0 Å². The van der Waals surface area contributed by atoms with Crippen molar-refractivity contribution in [1.82, 2.24) is 9.80 Å². The van der Waals surface area contributed by atoms with Crippen LogP contribution < -0.4 is 0 Å². The largest absolute Gasteiger partial charge is 0.304 e. The van der Waals surface area contributed by atoms with E-state index in [1.165, 1.54) is 11.1 Å². The van der Waals surface area contributed by atoms with Gasteiger partial charge in [-0.05, 0) is 31.0 Å². The molecule has 4 heteroatoms. The lowest BCUT2D eigenvalue weighted by atomic mass is 9.98. The first-order valence-electron chi connectivity index (χ1n) is 7.32. The molecule has 0 amide bonds. The van der Waals surface area contributed by atoms with Crippen molar-refractivity contribution in [3.05, 3.63) is 35.4 Å². The Bertz CT molecular complexity index is 524. The average Bonchev–Trinajstić information content (AvgIpc) is 3.23. The van der Waals surface area contributed by atoms with Gasteiger partial charge in [0.15, 0.2) is 0 Å². The molecule has 3 rings (SSSR count). The summed E-state index contributed by atoms with van der Waals surface area (Å²) in [5.74, 6) is 0. The Labute approximate surface area is 120 Å². The third-order valence-electron chi connectivity index (χ3n) is 4.49.